The lowest BCUT2D eigenvalue weighted by Gasteiger charge is -2.09. The van der Waals surface area contributed by atoms with Gasteiger partial charge in [-0.1, -0.05) is 12.1 Å². The second-order valence-electron chi connectivity index (χ2n) is 4.60. The van der Waals surface area contributed by atoms with Gasteiger partial charge in [0.2, 0.25) is 0 Å². The number of hydrogen-bond donors (Lipinski definition) is 1. The van der Waals surface area contributed by atoms with E-state index in [0.717, 1.165) is 18.7 Å². The van der Waals surface area contributed by atoms with E-state index in [1.807, 2.05) is 25.2 Å². The standard InChI is InChI=1S/C16H27NO4/c1-17-14-15-5-3-6-16(13-15)21-12-11-20-8-4-7-19-10-9-18-2/h3,5-6,13,17H,4,7-12,14H2,1-2H3. The zero-order valence-electron chi connectivity index (χ0n) is 13.1. The van der Waals surface area contributed by atoms with Crippen molar-refractivity contribution in [1.82, 2.24) is 5.32 Å². The van der Waals surface area contributed by atoms with Crippen molar-refractivity contribution in [3.8, 4) is 5.75 Å². The number of methoxy groups -OCH3 is 1. The molecule has 0 spiro atoms. The normalized spacial score (nSPS) is 10.8. The maximum absolute atomic E-state index is 5.65. The van der Waals surface area contributed by atoms with Crippen molar-refractivity contribution in [3.63, 3.8) is 0 Å². The first-order valence-electron chi connectivity index (χ1n) is 7.37. The summed E-state index contributed by atoms with van der Waals surface area (Å²) in [4.78, 5) is 0. The molecule has 1 rings (SSSR count). The van der Waals surface area contributed by atoms with Crippen LogP contribution in [0.1, 0.15) is 12.0 Å². The largest absolute Gasteiger partial charge is 0.491 e. The molecule has 0 aliphatic carbocycles. The highest BCUT2D eigenvalue weighted by Gasteiger charge is 1.97. The molecule has 0 atom stereocenters. The minimum atomic E-state index is 0.563. The molecule has 0 fully saturated rings. The second-order valence-corrected chi connectivity index (χ2v) is 4.60. The van der Waals surface area contributed by atoms with Gasteiger partial charge in [0, 0.05) is 26.9 Å². The van der Waals surface area contributed by atoms with Gasteiger partial charge in [-0.3, -0.25) is 0 Å². The fourth-order valence-corrected chi connectivity index (χ4v) is 1.78. The summed E-state index contributed by atoms with van der Waals surface area (Å²) < 4.78 is 21.4. The summed E-state index contributed by atoms with van der Waals surface area (Å²) in [5.74, 6) is 0.884. The molecule has 0 saturated carbocycles. The predicted molar refractivity (Wildman–Crippen MR) is 82.8 cm³/mol. The van der Waals surface area contributed by atoms with Crippen LogP contribution < -0.4 is 10.1 Å². The first-order chi connectivity index (χ1) is 10.4. The zero-order chi connectivity index (χ0) is 15.2. The third-order valence-corrected chi connectivity index (χ3v) is 2.78. The molecule has 21 heavy (non-hydrogen) atoms. The third-order valence-electron chi connectivity index (χ3n) is 2.78. The van der Waals surface area contributed by atoms with Crippen molar-refractivity contribution in [2.45, 2.75) is 13.0 Å². The molecule has 1 N–H and O–H groups in total. The lowest BCUT2D eigenvalue weighted by atomic mass is 10.2. The zero-order valence-corrected chi connectivity index (χ0v) is 13.1. The van der Waals surface area contributed by atoms with Crippen molar-refractivity contribution in [3.05, 3.63) is 29.8 Å². The Labute approximate surface area is 127 Å². The minimum absolute atomic E-state index is 0.563. The van der Waals surface area contributed by atoms with Gasteiger partial charge in [0.05, 0.1) is 19.8 Å². The Kier molecular flexibility index (Phi) is 10.7. The molecule has 0 heterocycles. The summed E-state index contributed by atoms with van der Waals surface area (Å²) in [6.07, 6.45) is 0.890. The number of nitrogens with one attached hydrogen (secondary N) is 1. The highest BCUT2D eigenvalue weighted by molar-refractivity contribution is 5.28. The van der Waals surface area contributed by atoms with Crippen molar-refractivity contribution in [1.29, 1.82) is 0 Å². The van der Waals surface area contributed by atoms with Gasteiger partial charge in [-0.15, -0.1) is 0 Å². The lowest BCUT2D eigenvalue weighted by molar-refractivity contribution is 0.0459. The Bertz CT molecular complexity index is 360. The number of rotatable bonds is 13. The smallest absolute Gasteiger partial charge is 0.119 e. The van der Waals surface area contributed by atoms with Gasteiger partial charge in [0.25, 0.3) is 0 Å². The Hall–Kier alpha value is -1.14. The molecule has 0 radical (unpaired) electrons. The Morgan fingerprint density at radius 3 is 2.43 bits per heavy atom. The van der Waals surface area contributed by atoms with Crippen LogP contribution in [0.15, 0.2) is 24.3 Å². The van der Waals surface area contributed by atoms with Crippen molar-refractivity contribution >= 4 is 0 Å². The van der Waals surface area contributed by atoms with E-state index in [-0.39, 0.29) is 0 Å². The Morgan fingerprint density at radius 2 is 1.71 bits per heavy atom. The van der Waals surface area contributed by atoms with Crippen LogP contribution in [0.5, 0.6) is 5.75 Å². The summed E-state index contributed by atoms with van der Waals surface area (Å²) in [5, 5.41) is 3.12. The molecule has 5 nitrogen and oxygen atoms in total. The molecule has 0 aliphatic rings. The summed E-state index contributed by atoms with van der Waals surface area (Å²) in [6.45, 7) is 4.68. The number of benzene rings is 1. The van der Waals surface area contributed by atoms with Crippen molar-refractivity contribution in [2.75, 3.05) is 53.8 Å². The van der Waals surface area contributed by atoms with Gasteiger partial charge in [-0.25, -0.2) is 0 Å². The van der Waals surface area contributed by atoms with Gasteiger partial charge in [0.15, 0.2) is 0 Å². The predicted octanol–water partition coefficient (Wildman–Crippen LogP) is 1.85. The van der Waals surface area contributed by atoms with E-state index in [1.54, 1.807) is 7.11 Å². The molecule has 0 bridgehead atoms. The van der Waals surface area contributed by atoms with Crippen LogP contribution in [0.4, 0.5) is 0 Å². The fraction of sp³-hybridized carbons (Fsp3) is 0.625. The molecular formula is C16H27NO4. The summed E-state index contributed by atoms with van der Waals surface area (Å²) in [6, 6.07) is 8.08. The molecule has 120 valence electrons. The second kappa shape index (κ2) is 12.6. The highest BCUT2D eigenvalue weighted by atomic mass is 16.5. The van der Waals surface area contributed by atoms with E-state index in [1.165, 1.54) is 5.56 Å². The maximum Gasteiger partial charge on any atom is 0.119 e. The molecule has 1 aromatic carbocycles. The lowest BCUT2D eigenvalue weighted by Crippen LogP contribution is -2.10. The summed E-state index contributed by atoms with van der Waals surface area (Å²) in [5.41, 5.74) is 1.21. The first-order valence-corrected chi connectivity index (χ1v) is 7.37. The quantitative estimate of drug-likeness (QED) is 0.563. The Balaban J connectivity index is 1.97. The van der Waals surface area contributed by atoms with E-state index in [2.05, 4.69) is 11.4 Å². The van der Waals surface area contributed by atoms with E-state index in [4.69, 9.17) is 18.9 Å². The average Bonchev–Trinajstić information content (AvgIpc) is 2.50. The van der Waals surface area contributed by atoms with E-state index in [9.17, 15) is 0 Å². The molecular weight excluding hydrogens is 270 g/mol. The molecule has 0 saturated heterocycles. The van der Waals surface area contributed by atoms with E-state index < -0.39 is 0 Å². The van der Waals surface area contributed by atoms with Gasteiger partial charge >= 0.3 is 0 Å². The fourth-order valence-electron chi connectivity index (χ4n) is 1.78. The minimum Gasteiger partial charge on any atom is -0.491 e. The van der Waals surface area contributed by atoms with Crippen LogP contribution in [-0.4, -0.2) is 53.8 Å². The topological polar surface area (TPSA) is 49.0 Å². The first kappa shape index (κ1) is 17.9. The number of hydrogen-bond acceptors (Lipinski definition) is 5. The number of ether oxygens (including phenoxy) is 4. The average molecular weight is 297 g/mol. The van der Waals surface area contributed by atoms with Crippen LogP contribution in [0.2, 0.25) is 0 Å². The SMILES string of the molecule is CNCc1cccc(OCCOCCCOCCOC)c1. The van der Waals surface area contributed by atoms with Crippen LogP contribution in [0.3, 0.4) is 0 Å². The highest BCUT2D eigenvalue weighted by Crippen LogP contribution is 2.12. The van der Waals surface area contributed by atoms with Gasteiger partial charge in [-0.2, -0.15) is 0 Å². The maximum atomic E-state index is 5.65. The van der Waals surface area contributed by atoms with Crippen LogP contribution >= 0.6 is 0 Å². The molecule has 0 unspecified atom stereocenters. The van der Waals surface area contributed by atoms with Gasteiger partial charge in [-0.05, 0) is 31.2 Å². The Morgan fingerprint density at radius 1 is 0.952 bits per heavy atom. The molecule has 1 aromatic rings. The summed E-state index contributed by atoms with van der Waals surface area (Å²) >= 11 is 0. The van der Waals surface area contributed by atoms with Crippen molar-refractivity contribution in [2.24, 2.45) is 0 Å². The monoisotopic (exact) mass is 297 g/mol. The van der Waals surface area contributed by atoms with Crippen LogP contribution in [0, 0.1) is 0 Å². The van der Waals surface area contributed by atoms with Crippen LogP contribution in [-0.2, 0) is 20.8 Å². The molecule has 0 amide bonds. The van der Waals surface area contributed by atoms with Crippen molar-refractivity contribution < 1.29 is 18.9 Å². The molecule has 5 heteroatoms. The molecule has 0 aliphatic heterocycles. The summed E-state index contributed by atoms with van der Waals surface area (Å²) in [7, 11) is 3.60. The molecule has 0 aromatic heterocycles. The third kappa shape index (κ3) is 9.42. The van der Waals surface area contributed by atoms with E-state index >= 15 is 0 Å². The van der Waals surface area contributed by atoms with E-state index in [0.29, 0.717) is 39.6 Å². The van der Waals surface area contributed by atoms with Gasteiger partial charge in [0.1, 0.15) is 12.4 Å². The van der Waals surface area contributed by atoms with Crippen LogP contribution in [0.25, 0.3) is 0 Å². The van der Waals surface area contributed by atoms with Gasteiger partial charge < -0.3 is 24.3 Å².